The molecule has 0 fully saturated rings. The standard InChI is InChI=1S/C20H19FN2S/c21-14-6-3-5-13(11-14)19-17-8-4-10-23(17)20-16(12-22-19)15-7-1-2-9-18(15)24-20/h3-6,8,10-11,19,22H,1-2,7,9,12H2/t19-/m0/s1. The monoisotopic (exact) mass is 338 g/mol. The van der Waals surface area contributed by atoms with Crippen LogP contribution in [0.4, 0.5) is 4.39 Å². The number of aryl methyl sites for hydroxylation is 1. The zero-order valence-electron chi connectivity index (χ0n) is 13.4. The van der Waals surface area contributed by atoms with Gasteiger partial charge in [-0.2, -0.15) is 0 Å². The van der Waals surface area contributed by atoms with E-state index in [0.717, 1.165) is 12.1 Å². The molecule has 2 nitrogen and oxygen atoms in total. The normalized spacial score (nSPS) is 19.3. The predicted octanol–water partition coefficient (Wildman–Crippen LogP) is 4.75. The molecule has 1 aliphatic carbocycles. The van der Waals surface area contributed by atoms with E-state index in [1.807, 2.05) is 17.4 Å². The van der Waals surface area contributed by atoms with Gasteiger partial charge >= 0.3 is 0 Å². The zero-order valence-corrected chi connectivity index (χ0v) is 14.2. The van der Waals surface area contributed by atoms with E-state index in [9.17, 15) is 4.39 Å². The highest BCUT2D eigenvalue weighted by molar-refractivity contribution is 7.15. The van der Waals surface area contributed by atoms with E-state index in [-0.39, 0.29) is 11.9 Å². The minimum Gasteiger partial charge on any atom is -0.310 e. The number of benzene rings is 1. The highest BCUT2D eigenvalue weighted by Crippen LogP contribution is 2.40. The molecule has 0 amide bonds. The van der Waals surface area contributed by atoms with Crippen molar-refractivity contribution in [3.8, 4) is 5.00 Å². The summed E-state index contributed by atoms with van der Waals surface area (Å²) in [6, 6.07) is 11.2. The summed E-state index contributed by atoms with van der Waals surface area (Å²) < 4.78 is 16.0. The Kier molecular flexibility index (Phi) is 3.35. The summed E-state index contributed by atoms with van der Waals surface area (Å²) in [5.74, 6) is -0.177. The van der Waals surface area contributed by atoms with Gasteiger partial charge in [0.05, 0.1) is 6.04 Å². The minimum atomic E-state index is -0.177. The van der Waals surface area contributed by atoms with E-state index in [0.29, 0.717) is 0 Å². The van der Waals surface area contributed by atoms with Crippen LogP contribution < -0.4 is 5.32 Å². The Bertz CT molecular complexity index is 908. The molecule has 3 aromatic rings. The maximum Gasteiger partial charge on any atom is 0.123 e. The fourth-order valence-corrected chi connectivity index (χ4v) is 5.50. The lowest BCUT2D eigenvalue weighted by Gasteiger charge is -2.19. The molecular formula is C20H19FN2S. The maximum atomic E-state index is 13.7. The Hall–Kier alpha value is -1.91. The third-order valence-electron chi connectivity index (χ3n) is 5.22. The number of nitrogens with one attached hydrogen (secondary N) is 1. The summed E-state index contributed by atoms with van der Waals surface area (Å²) >= 11 is 1.95. The number of halogens is 1. The van der Waals surface area contributed by atoms with Crippen LogP contribution in [0.15, 0.2) is 42.6 Å². The first-order valence-corrected chi connectivity index (χ1v) is 9.43. The van der Waals surface area contributed by atoms with Gasteiger partial charge in [0, 0.05) is 28.9 Å². The lowest BCUT2D eigenvalue weighted by Crippen LogP contribution is -2.22. The molecule has 2 aromatic heterocycles. The van der Waals surface area contributed by atoms with Crippen LogP contribution in [0.25, 0.3) is 5.00 Å². The molecule has 1 atom stereocenters. The molecule has 0 saturated carbocycles. The molecule has 122 valence electrons. The third-order valence-corrected chi connectivity index (χ3v) is 6.55. The van der Waals surface area contributed by atoms with Crippen LogP contribution in [0.2, 0.25) is 0 Å². The Morgan fingerprint density at radius 3 is 2.92 bits per heavy atom. The predicted molar refractivity (Wildman–Crippen MR) is 95.4 cm³/mol. The first kappa shape index (κ1) is 14.4. The fourth-order valence-electron chi connectivity index (χ4n) is 4.09. The smallest absolute Gasteiger partial charge is 0.123 e. The molecule has 2 aliphatic rings. The summed E-state index contributed by atoms with van der Waals surface area (Å²) in [4.78, 5) is 1.57. The van der Waals surface area contributed by atoms with Gasteiger partial charge in [-0.1, -0.05) is 12.1 Å². The lowest BCUT2D eigenvalue weighted by atomic mass is 9.95. The molecule has 0 radical (unpaired) electrons. The summed E-state index contributed by atoms with van der Waals surface area (Å²) in [5.41, 5.74) is 5.19. The van der Waals surface area contributed by atoms with Crippen LogP contribution in [0.1, 0.15) is 46.1 Å². The van der Waals surface area contributed by atoms with Crippen molar-refractivity contribution in [2.45, 2.75) is 38.3 Å². The van der Waals surface area contributed by atoms with Crippen molar-refractivity contribution in [2.75, 3.05) is 0 Å². The Balaban J connectivity index is 1.65. The second-order valence-electron chi connectivity index (χ2n) is 6.67. The zero-order chi connectivity index (χ0) is 16.1. The van der Waals surface area contributed by atoms with Crippen molar-refractivity contribution in [3.63, 3.8) is 0 Å². The topological polar surface area (TPSA) is 17.0 Å². The van der Waals surface area contributed by atoms with Gasteiger partial charge in [0.2, 0.25) is 0 Å². The Morgan fingerprint density at radius 2 is 2.00 bits per heavy atom. The largest absolute Gasteiger partial charge is 0.310 e. The molecule has 0 bridgehead atoms. The molecule has 0 unspecified atom stereocenters. The average molecular weight is 338 g/mol. The van der Waals surface area contributed by atoms with Gasteiger partial charge in [-0.25, -0.2) is 4.39 Å². The van der Waals surface area contributed by atoms with Crippen molar-refractivity contribution in [1.82, 2.24) is 9.88 Å². The van der Waals surface area contributed by atoms with Crippen molar-refractivity contribution in [2.24, 2.45) is 0 Å². The second kappa shape index (κ2) is 5.57. The first-order valence-electron chi connectivity index (χ1n) is 8.61. The number of hydrogen-bond donors (Lipinski definition) is 1. The van der Waals surface area contributed by atoms with E-state index in [1.165, 1.54) is 48.0 Å². The number of rotatable bonds is 1. The molecule has 1 aliphatic heterocycles. The van der Waals surface area contributed by atoms with E-state index in [4.69, 9.17) is 0 Å². The van der Waals surface area contributed by atoms with Crippen LogP contribution in [0, 0.1) is 5.82 Å². The number of nitrogens with zero attached hydrogens (tertiary/aromatic N) is 1. The molecule has 3 heterocycles. The first-order chi connectivity index (χ1) is 11.8. The number of hydrogen-bond acceptors (Lipinski definition) is 2. The van der Waals surface area contributed by atoms with E-state index in [1.54, 1.807) is 22.6 Å². The Morgan fingerprint density at radius 1 is 1.08 bits per heavy atom. The Labute approximate surface area is 144 Å². The van der Waals surface area contributed by atoms with Gasteiger partial charge < -0.3 is 9.88 Å². The molecule has 1 N–H and O–H groups in total. The summed E-state index contributed by atoms with van der Waals surface area (Å²) in [5, 5.41) is 5.03. The summed E-state index contributed by atoms with van der Waals surface area (Å²) in [6.07, 6.45) is 7.17. The van der Waals surface area contributed by atoms with E-state index >= 15 is 0 Å². The summed E-state index contributed by atoms with van der Waals surface area (Å²) in [6.45, 7) is 0.851. The van der Waals surface area contributed by atoms with Gasteiger partial charge in [-0.05, 0) is 61.1 Å². The van der Waals surface area contributed by atoms with Crippen LogP contribution in [0.5, 0.6) is 0 Å². The minimum absolute atomic E-state index is 0.0227. The molecule has 0 spiro atoms. The molecule has 4 heteroatoms. The lowest BCUT2D eigenvalue weighted by molar-refractivity contribution is 0.582. The van der Waals surface area contributed by atoms with Gasteiger partial charge in [0.25, 0.3) is 0 Å². The quantitative estimate of drug-likeness (QED) is 0.677. The molecular weight excluding hydrogens is 319 g/mol. The van der Waals surface area contributed by atoms with Crippen LogP contribution in [-0.2, 0) is 19.4 Å². The van der Waals surface area contributed by atoms with Crippen molar-refractivity contribution < 1.29 is 4.39 Å². The van der Waals surface area contributed by atoms with Crippen molar-refractivity contribution >= 4 is 11.3 Å². The average Bonchev–Trinajstić information content (AvgIpc) is 3.17. The summed E-state index contributed by atoms with van der Waals surface area (Å²) in [7, 11) is 0. The van der Waals surface area contributed by atoms with Crippen LogP contribution in [0.3, 0.4) is 0 Å². The van der Waals surface area contributed by atoms with E-state index in [2.05, 4.69) is 28.2 Å². The third kappa shape index (κ3) is 2.17. The number of fused-ring (bicyclic) bond motifs is 5. The van der Waals surface area contributed by atoms with Crippen LogP contribution in [-0.4, -0.2) is 4.57 Å². The van der Waals surface area contributed by atoms with Gasteiger partial charge in [-0.15, -0.1) is 11.3 Å². The second-order valence-corrected chi connectivity index (χ2v) is 7.75. The fraction of sp³-hybridized carbons (Fsp3) is 0.300. The van der Waals surface area contributed by atoms with Crippen molar-refractivity contribution in [3.05, 3.63) is 75.7 Å². The van der Waals surface area contributed by atoms with Crippen molar-refractivity contribution in [1.29, 1.82) is 0 Å². The van der Waals surface area contributed by atoms with Gasteiger partial charge in [0.1, 0.15) is 10.8 Å². The maximum absolute atomic E-state index is 13.7. The SMILES string of the molecule is Fc1cccc([C@@H]2NCc3c(sc4c3CCCC4)-n3cccc32)c1. The number of aromatic nitrogens is 1. The molecule has 1 aromatic carbocycles. The highest BCUT2D eigenvalue weighted by Gasteiger charge is 2.28. The van der Waals surface area contributed by atoms with Crippen LogP contribution >= 0.6 is 11.3 Å². The molecule has 24 heavy (non-hydrogen) atoms. The van der Waals surface area contributed by atoms with Gasteiger partial charge in [0.15, 0.2) is 0 Å². The van der Waals surface area contributed by atoms with E-state index < -0.39 is 0 Å². The van der Waals surface area contributed by atoms with Gasteiger partial charge in [-0.3, -0.25) is 0 Å². The molecule has 5 rings (SSSR count). The highest BCUT2D eigenvalue weighted by atomic mass is 32.1. The number of thiophene rings is 1. The molecule has 0 saturated heterocycles.